The van der Waals surface area contributed by atoms with E-state index in [1.54, 1.807) is 18.5 Å². The minimum absolute atomic E-state index is 0.0792. The van der Waals surface area contributed by atoms with E-state index in [1.807, 2.05) is 6.07 Å². The average Bonchev–Trinajstić information content (AvgIpc) is 2.96. The Hall–Kier alpha value is -1.88. The van der Waals surface area contributed by atoms with Gasteiger partial charge >= 0.3 is 0 Å². The molecule has 2 bridgehead atoms. The summed E-state index contributed by atoms with van der Waals surface area (Å²) in [6, 6.07) is 4.55. The van der Waals surface area contributed by atoms with Crippen molar-refractivity contribution in [2.75, 3.05) is 13.1 Å². The van der Waals surface area contributed by atoms with Crippen LogP contribution in [0.3, 0.4) is 0 Å². The lowest BCUT2D eigenvalue weighted by Crippen LogP contribution is -2.60. The van der Waals surface area contributed by atoms with Gasteiger partial charge in [-0.05, 0) is 44.4 Å². The number of rotatable bonds is 2. The Labute approximate surface area is 123 Å². The number of aromatic nitrogens is 1. The summed E-state index contributed by atoms with van der Waals surface area (Å²) < 4.78 is 5.25. The van der Waals surface area contributed by atoms with Crippen LogP contribution >= 0.6 is 0 Å². The fourth-order valence-corrected chi connectivity index (χ4v) is 3.69. The van der Waals surface area contributed by atoms with Gasteiger partial charge in [-0.2, -0.15) is 0 Å². The molecular formula is C16H19N3O2. The van der Waals surface area contributed by atoms with Crippen molar-refractivity contribution in [3.63, 3.8) is 0 Å². The molecule has 5 heterocycles. The maximum atomic E-state index is 12.4. The van der Waals surface area contributed by atoms with Crippen LogP contribution in [-0.2, 0) is 0 Å². The average molecular weight is 285 g/mol. The van der Waals surface area contributed by atoms with E-state index in [0.29, 0.717) is 23.2 Å². The Morgan fingerprint density at radius 2 is 2.43 bits per heavy atom. The molecule has 0 spiro atoms. The molecule has 1 N–H and O–H groups in total. The second kappa shape index (κ2) is 4.84. The lowest BCUT2D eigenvalue weighted by atomic mass is 9.80. The summed E-state index contributed by atoms with van der Waals surface area (Å²) in [5, 5.41) is 4.08. The number of hydrogen-bond donors (Lipinski definition) is 1. The molecule has 0 aromatic carbocycles. The van der Waals surface area contributed by atoms with Gasteiger partial charge in [0.15, 0.2) is 5.58 Å². The number of pyridine rings is 1. The van der Waals surface area contributed by atoms with E-state index >= 15 is 0 Å². The van der Waals surface area contributed by atoms with Crippen molar-refractivity contribution in [3.05, 3.63) is 30.3 Å². The molecule has 4 unspecified atom stereocenters. The molecule has 110 valence electrons. The van der Waals surface area contributed by atoms with E-state index in [1.165, 1.54) is 12.8 Å². The van der Waals surface area contributed by atoms with Gasteiger partial charge in [-0.1, -0.05) is 0 Å². The van der Waals surface area contributed by atoms with E-state index in [4.69, 9.17) is 4.42 Å². The van der Waals surface area contributed by atoms with Gasteiger partial charge < -0.3 is 9.73 Å². The van der Waals surface area contributed by atoms with Crippen LogP contribution in [0.15, 0.2) is 29.0 Å². The van der Waals surface area contributed by atoms with Crippen molar-refractivity contribution < 1.29 is 9.21 Å². The zero-order valence-corrected chi connectivity index (χ0v) is 12.1. The van der Waals surface area contributed by atoms with Crippen LogP contribution in [0.4, 0.5) is 0 Å². The smallest absolute Gasteiger partial charge is 0.270 e. The Kier molecular flexibility index (Phi) is 2.96. The maximum absolute atomic E-state index is 12.4. The number of nitrogens with one attached hydrogen (secondary N) is 1. The molecule has 5 heteroatoms. The van der Waals surface area contributed by atoms with Crippen molar-refractivity contribution >= 4 is 16.9 Å². The number of furan rings is 1. The molecule has 0 saturated carbocycles. The summed E-state index contributed by atoms with van der Waals surface area (Å²) in [6.45, 7) is 4.40. The van der Waals surface area contributed by atoms with Crippen LogP contribution in [0.5, 0.6) is 0 Å². The Balaban J connectivity index is 1.50. The fraction of sp³-hybridized carbons (Fsp3) is 0.500. The second-order valence-electron chi connectivity index (χ2n) is 6.24. The van der Waals surface area contributed by atoms with Crippen LogP contribution in [0.1, 0.15) is 30.3 Å². The van der Waals surface area contributed by atoms with Crippen LogP contribution in [0.25, 0.3) is 11.0 Å². The molecule has 5 rings (SSSR count). The van der Waals surface area contributed by atoms with Gasteiger partial charge in [-0.25, -0.2) is 4.98 Å². The van der Waals surface area contributed by atoms with E-state index in [-0.39, 0.29) is 11.9 Å². The first-order chi connectivity index (χ1) is 10.2. The maximum Gasteiger partial charge on any atom is 0.270 e. The summed E-state index contributed by atoms with van der Waals surface area (Å²) in [6.07, 6.45) is 5.59. The summed E-state index contributed by atoms with van der Waals surface area (Å²) in [7, 11) is 0. The Morgan fingerprint density at radius 1 is 1.52 bits per heavy atom. The van der Waals surface area contributed by atoms with E-state index < -0.39 is 0 Å². The fourth-order valence-electron chi connectivity index (χ4n) is 3.69. The highest BCUT2D eigenvalue weighted by Crippen LogP contribution is 2.32. The molecular weight excluding hydrogens is 266 g/mol. The molecule has 21 heavy (non-hydrogen) atoms. The van der Waals surface area contributed by atoms with Gasteiger partial charge in [-0.15, -0.1) is 0 Å². The molecule has 0 radical (unpaired) electrons. The van der Waals surface area contributed by atoms with Crippen molar-refractivity contribution in [1.82, 2.24) is 15.2 Å². The molecule has 5 nitrogen and oxygen atoms in total. The lowest BCUT2D eigenvalue weighted by Gasteiger charge is -2.48. The van der Waals surface area contributed by atoms with Gasteiger partial charge in [0.05, 0.1) is 12.5 Å². The predicted octanol–water partition coefficient (Wildman–Crippen LogP) is 2.04. The summed E-state index contributed by atoms with van der Waals surface area (Å²) >= 11 is 0. The summed E-state index contributed by atoms with van der Waals surface area (Å²) in [5.41, 5.74) is 1.18. The zero-order valence-electron chi connectivity index (χ0n) is 12.1. The topological polar surface area (TPSA) is 58.4 Å². The number of fused-ring (bicyclic) bond motifs is 4. The normalized spacial score (nSPS) is 31.5. The third kappa shape index (κ3) is 2.21. The highest BCUT2D eigenvalue weighted by molar-refractivity contribution is 5.95. The number of carbonyl (C=O) groups excluding carboxylic acids is 1. The van der Waals surface area contributed by atoms with Crippen LogP contribution in [0.2, 0.25) is 0 Å². The number of hydrogen-bond acceptors (Lipinski definition) is 4. The van der Waals surface area contributed by atoms with Crippen LogP contribution in [-0.4, -0.2) is 41.0 Å². The second-order valence-corrected chi connectivity index (χ2v) is 6.24. The Bertz CT molecular complexity index is 681. The van der Waals surface area contributed by atoms with Gasteiger partial charge in [0.1, 0.15) is 5.69 Å². The van der Waals surface area contributed by atoms with Crippen LogP contribution in [0, 0.1) is 5.92 Å². The molecule has 3 aliphatic rings. The van der Waals surface area contributed by atoms with Crippen molar-refractivity contribution in [2.24, 2.45) is 5.92 Å². The Morgan fingerprint density at radius 3 is 3.19 bits per heavy atom. The monoisotopic (exact) mass is 285 g/mol. The van der Waals surface area contributed by atoms with E-state index in [2.05, 4.69) is 22.1 Å². The SMILES string of the molecule is CC1CC2CCN1CC2NC(=O)c1cc2ccoc2cn1. The predicted molar refractivity (Wildman–Crippen MR) is 79.0 cm³/mol. The molecule has 3 saturated heterocycles. The highest BCUT2D eigenvalue weighted by Gasteiger charge is 2.38. The minimum atomic E-state index is -0.0792. The third-order valence-corrected chi connectivity index (χ3v) is 4.94. The largest absolute Gasteiger partial charge is 0.463 e. The summed E-state index contributed by atoms with van der Waals surface area (Å²) in [4.78, 5) is 19.1. The number of carbonyl (C=O) groups is 1. The molecule has 1 amide bonds. The first-order valence-electron chi connectivity index (χ1n) is 7.59. The molecule has 3 aliphatic heterocycles. The number of piperidine rings is 3. The lowest BCUT2D eigenvalue weighted by molar-refractivity contribution is 0.0273. The molecule has 4 atom stereocenters. The standard InChI is InChI=1S/C16H19N3O2/c1-10-6-11-2-4-19(10)9-14(11)18-16(20)13-7-12-3-5-21-15(12)8-17-13/h3,5,7-8,10-11,14H,2,4,6,9H2,1H3,(H,18,20). The number of amides is 1. The van der Waals surface area contributed by atoms with E-state index in [0.717, 1.165) is 18.5 Å². The first-order valence-corrected chi connectivity index (χ1v) is 7.59. The quantitative estimate of drug-likeness (QED) is 0.917. The first kappa shape index (κ1) is 12.8. The molecule has 3 fully saturated rings. The highest BCUT2D eigenvalue weighted by atomic mass is 16.3. The van der Waals surface area contributed by atoms with Gasteiger partial charge in [0, 0.05) is 24.0 Å². The van der Waals surface area contributed by atoms with E-state index in [9.17, 15) is 4.79 Å². The molecule has 2 aromatic heterocycles. The molecule has 0 aliphatic carbocycles. The van der Waals surface area contributed by atoms with Gasteiger partial charge in [-0.3, -0.25) is 9.69 Å². The van der Waals surface area contributed by atoms with Crippen LogP contribution < -0.4 is 5.32 Å². The third-order valence-electron chi connectivity index (χ3n) is 4.94. The summed E-state index contributed by atoms with van der Waals surface area (Å²) in [5.74, 6) is 0.524. The number of nitrogens with zero attached hydrogens (tertiary/aromatic N) is 2. The zero-order chi connectivity index (χ0) is 14.4. The van der Waals surface area contributed by atoms with Crippen molar-refractivity contribution in [1.29, 1.82) is 0 Å². The van der Waals surface area contributed by atoms with Crippen molar-refractivity contribution in [3.8, 4) is 0 Å². The van der Waals surface area contributed by atoms with Gasteiger partial charge in [0.25, 0.3) is 5.91 Å². The molecule has 2 aromatic rings. The minimum Gasteiger partial charge on any atom is -0.463 e. The van der Waals surface area contributed by atoms with Gasteiger partial charge in [0.2, 0.25) is 0 Å². The van der Waals surface area contributed by atoms with Crippen molar-refractivity contribution in [2.45, 2.75) is 31.8 Å².